The van der Waals surface area contributed by atoms with E-state index in [9.17, 15) is 0 Å². The van der Waals surface area contributed by atoms with Crippen LogP contribution in [-0.4, -0.2) is 0 Å². The highest BCUT2D eigenvalue weighted by atomic mass is 16.3. The zero-order valence-electron chi connectivity index (χ0n) is 32.8. The number of nitrogens with zero attached hydrogens (tertiary/aromatic N) is 2. The van der Waals surface area contributed by atoms with E-state index in [2.05, 4.69) is 181 Å². The van der Waals surface area contributed by atoms with Crippen molar-refractivity contribution in [1.29, 1.82) is 0 Å². The molecule has 0 bridgehead atoms. The van der Waals surface area contributed by atoms with Crippen molar-refractivity contribution in [1.82, 2.24) is 0 Å². The fourth-order valence-electron chi connectivity index (χ4n) is 9.23. The molecule has 1 aliphatic rings. The largest absolute Gasteiger partial charge is 0.455 e. The van der Waals surface area contributed by atoms with Gasteiger partial charge in [0.2, 0.25) is 0 Å². The first kappa shape index (κ1) is 34.6. The summed E-state index contributed by atoms with van der Waals surface area (Å²) in [7, 11) is 0. The van der Waals surface area contributed by atoms with E-state index < -0.39 is 0 Å². The van der Waals surface area contributed by atoms with Crippen molar-refractivity contribution in [3.8, 4) is 44.5 Å². The highest BCUT2D eigenvalue weighted by molar-refractivity contribution is 6.19. The monoisotopic (exact) mass is 754 g/mol. The molecule has 0 amide bonds. The first-order valence-electron chi connectivity index (χ1n) is 20.1. The van der Waals surface area contributed by atoms with E-state index in [4.69, 9.17) is 11.0 Å². The number of anilines is 3. The summed E-state index contributed by atoms with van der Waals surface area (Å²) in [6, 6.07) is 69.2. The molecule has 1 aliphatic carbocycles. The Morgan fingerprint density at radius 1 is 0.424 bits per heavy atom. The minimum atomic E-state index is -0.189. The van der Waals surface area contributed by atoms with Gasteiger partial charge in [0.05, 0.1) is 6.57 Å². The Hall–Kier alpha value is -7.67. The summed E-state index contributed by atoms with van der Waals surface area (Å²) < 4.78 is 6.37. The first-order chi connectivity index (χ1) is 28.9. The minimum absolute atomic E-state index is 0.189. The van der Waals surface area contributed by atoms with Gasteiger partial charge in [-0.3, -0.25) is 0 Å². The molecular formula is C56H38N2O. The van der Waals surface area contributed by atoms with Crippen LogP contribution in [0.2, 0.25) is 0 Å². The topological polar surface area (TPSA) is 20.7 Å². The minimum Gasteiger partial charge on any atom is -0.455 e. The predicted octanol–water partition coefficient (Wildman–Crippen LogP) is 16.1. The molecule has 0 saturated carbocycles. The van der Waals surface area contributed by atoms with Crippen LogP contribution in [0, 0.1) is 6.57 Å². The van der Waals surface area contributed by atoms with Gasteiger partial charge in [-0.2, -0.15) is 0 Å². The number of benzene rings is 9. The molecule has 0 N–H and O–H groups in total. The van der Waals surface area contributed by atoms with Gasteiger partial charge in [0.25, 0.3) is 0 Å². The van der Waals surface area contributed by atoms with Crippen molar-refractivity contribution in [2.45, 2.75) is 19.3 Å². The van der Waals surface area contributed by atoms with E-state index in [-0.39, 0.29) is 5.41 Å². The molecular weight excluding hydrogens is 717 g/mol. The highest BCUT2D eigenvalue weighted by Gasteiger charge is 2.36. The van der Waals surface area contributed by atoms with E-state index in [1.54, 1.807) is 0 Å². The Balaban J connectivity index is 0.947. The molecule has 0 radical (unpaired) electrons. The summed E-state index contributed by atoms with van der Waals surface area (Å²) in [5.41, 5.74) is 17.8. The van der Waals surface area contributed by atoms with E-state index in [1.165, 1.54) is 49.9 Å². The van der Waals surface area contributed by atoms with Crippen LogP contribution < -0.4 is 4.90 Å². The molecule has 3 nitrogen and oxygen atoms in total. The summed E-state index contributed by atoms with van der Waals surface area (Å²) in [5, 5.41) is 4.57. The fraction of sp³-hybridized carbons (Fsp3) is 0.0536. The molecule has 3 heteroatoms. The second-order valence-corrected chi connectivity index (χ2v) is 16.0. The molecule has 0 fully saturated rings. The Bertz CT molecular complexity index is 3280. The lowest BCUT2D eigenvalue weighted by atomic mass is 9.81. The van der Waals surface area contributed by atoms with Gasteiger partial charge in [-0.25, -0.2) is 4.85 Å². The molecule has 0 atom stereocenters. The Kier molecular flexibility index (Phi) is 7.90. The highest BCUT2D eigenvalue weighted by Crippen LogP contribution is 2.52. The first-order valence-corrected chi connectivity index (χ1v) is 20.1. The summed E-state index contributed by atoms with van der Waals surface area (Å²) in [5.74, 6) is 0. The average molecular weight is 755 g/mol. The normalized spacial score (nSPS) is 12.7. The Morgan fingerprint density at radius 2 is 0.949 bits per heavy atom. The number of fused-ring (bicyclic) bond motifs is 8. The number of hydrogen-bond donors (Lipinski definition) is 0. The van der Waals surface area contributed by atoms with Crippen LogP contribution in [0.5, 0.6) is 0 Å². The lowest BCUT2D eigenvalue weighted by Gasteiger charge is -2.28. The van der Waals surface area contributed by atoms with E-state index in [0.29, 0.717) is 5.69 Å². The molecule has 59 heavy (non-hydrogen) atoms. The number of furan rings is 1. The van der Waals surface area contributed by atoms with Gasteiger partial charge in [-0.05, 0) is 116 Å². The number of para-hydroxylation sites is 1. The van der Waals surface area contributed by atoms with Crippen LogP contribution >= 0.6 is 0 Å². The van der Waals surface area contributed by atoms with E-state index in [1.807, 2.05) is 36.4 Å². The second kappa shape index (κ2) is 13.5. The lowest BCUT2D eigenvalue weighted by Crippen LogP contribution is -2.16. The Labute approximate surface area is 343 Å². The summed E-state index contributed by atoms with van der Waals surface area (Å²) in [6.07, 6.45) is 0. The van der Waals surface area contributed by atoms with E-state index in [0.717, 1.165) is 55.5 Å². The summed E-state index contributed by atoms with van der Waals surface area (Å²) >= 11 is 0. The van der Waals surface area contributed by atoms with E-state index >= 15 is 0 Å². The third kappa shape index (κ3) is 5.64. The van der Waals surface area contributed by atoms with Crippen molar-refractivity contribution < 1.29 is 4.42 Å². The van der Waals surface area contributed by atoms with Gasteiger partial charge < -0.3 is 9.32 Å². The zero-order valence-corrected chi connectivity index (χ0v) is 32.8. The van der Waals surface area contributed by atoms with Crippen molar-refractivity contribution in [3.63, 3.8) is 0 Å². The maximum Gasteiger partial charge on any atom is 0.187 e. The van der Waals surface area contributed by atoms with Crippen molar-refractivity contribution in [2.75, 3.05) is 4.90 Å². The van der Waals surface area contributed by atoms with Crippen LogP contribution in [0.15, 0.2) is 199 Å². The molecule has 9 aromatic carbocycles. The molecule has 0 spiro atoms. The molecule has 0 saturated heterocycles. The van der Waals surface area contributed by atoms with Gasteiger partial charge in [-0.1, -0.05) is 153 Å². The maximum atomic E-state index is 7.58. The molecule has 10 aromatic rings. The molecule has 0 unspecified atom stereocenters. The van der Waals surface area contributed by atoms with Crippen LogP contribution in [0.3, 0.4) is 0 Å². The van der Waals surface area contributed by atoms with Gasteiger partial charge in [0.1, 0.15) is 11.2 Å². The number of hydrogen-bond acceptors (Lipinski definition) is 2. The van der Waals surface area contributed by atoms with Gasteiger partial charge in [0, 0.05) is 38.6 Å². The van der Waals surface area contributed by atoms with Crippen LogP contribution in [0.25, 0.3) is 82.1 Å². The lowest BCUT2D eigenvalue weighted by molar-refractivity contribution is 0.660. The predicted molar refractivity (Wildman–Crippen MR) is 246 cm³/mol. The average Bonchev–Trinajstić information content (AvgIpc) is 3.78. The van der Waals surface area contributed by atoms with Crippen molar-refractivity contribution in [3.05, 3.63) is 217 Å². The zero-order chi connectivity index (χ0) is 39.7. The fourth-order valence-corrected chi connectivity index (χ4v) is 9.23. The quantitative estimate of drug-likeness (QED) is 0.158. The van der Waals surface area contributed by atoms with Gasteiger partial charge in [0.15, 0.2) is 5.69 Å². The molecule has 278 valence electrons. The third-order valence-corrected chi connectivity index (χ3v) is 12.3. The van der Waals surface area contributed by atoms with Crippen molar-refractivity contribution in [2.24, 2.45) is 0 Å². The molecule has 1 aromatic heterocycles. The summed E-state index contributed by atoms with van der Waals surface area (Å²) in [4.78, 5) is 5.97. The van der Waals surface area contributed by atoms with Crippen LogP contribution in [-0.2, 0) is 5.41 Å². The van der Waals surface area contributed by atoms with Gasteiger partial charge in [-0.15, -0.1) is 0 Å². The Morgan fingerprint density at radius 3 is 1.66 bits per heavy atom. The van der Waals surface area contributed by atoms with Crippen molar-refractivity contribution >= 4 is 55.5 Å². The summed E-state index contributed by atoms with van der Waals surface area (Å²) in [6.45, 7) is 12.3. The molecule has 11 rings (SSSR count). The molecule has 0 aliphatic heterocycles. The van der Waals surface area contributed by atoms with Crippen LogP contribution in [0.1, 0.15) is 25.0 Å². The third-order valence-electron chi connectivity index (χ3n) is 12.3. The van der Waals surface area contributed by atoms with Crippen LogP contribution in [0.4, 0.5) is 22.7 Å². The van der Waals surface area contributed by atoms with Gasteiger partial charge >= 0.3 is 0 Å². The second-order valence-electron chi connectivity index (χ2n) is 16.0. The number of rotatable bonds is 6. The maximum absolute atomic E-state index is 7.58. The standard InChI is InChI=1S/C56H38N2O/c1-56(2)52-33-40(36-11-5-4-6-12-36)23-31-46(52)47-32-30-44(34-53(47)56)58(43-28-24-41(57-3)25-29-43)42-26-21-38(22-27-42)37-17-19-39(20-18-37)50-35-51-48-14-9-10-16-54(48)59-55(51)49-15-8-7-13-45(49)50/h4-35H,1-2H3. The smallest absolute Gasteiger partial charge is 0.187 e. The molecule has 1 heterocycles. The SMILES string of the molecule is [C-]#[N+]c1ccc(N(c2ccc(-c3ccc(-c4cc5c6ccccc6oc5c5ccccc45)cc3)cc2)c2ccc3c(c2)C(C)(C)c2cc(-c4ccccc4)ccc2-3)cc1.